The summed E-state index contributed by atoms with van der Waals surface area (Å²) in [5.74, 6) is 0. The first kappa shape index (κ1) is 21.1. The van der Waals surface area contributed by atoms with Crippen LogP contribution in [0.25, 0.3) is 11.1 Å². The lowest BCUT2D eigenvalue weighted by Crippen LogP contribution is -2.54. The molecule has 2 heterocycles. The topological polar surface area (TPSA) is 102 Å². The van der Waals surface area contributed by atoms with Crippen molar-refractivity contribution >= 4 is 40.5 Å². The molecule has 164 valence electrons. The van der Waals surface area contributed by atoms with Crippen LogP contribution in [0.15, 0.2) is 72.8 Å². The highest BCUT2D eigenvalue weighted by Gasteiger charge is 2.44. The molecule has 0 fully saturated rings. The van der Waals surface area contributed by atoms with Gasteiger partial charge in [0.15, 0.2) is 0 Å². The van der Waals surface area contributed by atoms with Crippen LogP contribution in [0.4, 0.5) is 22.7 Å². The van der Waals surface area contributed by atoms with Crippen LogP contribution in [0.1, 0.15) is 22.3 Å². The summed E-state index contributed by atoms with van der Waals surface area (Å²) in [6.45, 7) is -0.316. The number of hydrogen-bond donors (Lipinski definition) is 0. The molecule has 2 aliphatic rings. The van der Waals surface area contributed by atoms with E-state index < -0.39 is 0 Å². The van der Waals surface area contributed by atoms with Crippen molar-refractivity contribution in [2.75, 3.05) is 16.8 Å². The van der Waals surface area contributed by atoms with Gasteiger partial charge in [0.1, 0.15) is 12.1 Å². The summed E-state index contributed by atoms with van der Waals surface area (Å²) in [5, 5.41) is 39.7. The molecule has 0 saturated heterocycles. The summed E-state index contributed by atoms with van der Waals surface area (Å²) >= 11 is 0. The second-order valence-corrected chi connectivity index (χ2v) is 8.74. The SMILES string of the molecule is CN1c2cc(C#N)cc(C#N)c2N(B2c3ccccc3-c3ccccc32)c2c(C#N)cc(C#N)cc21. The number of hydrogen-bond acceptors (Lipinski definition) is 6. The summed E-state index contributed by atoms with van der Waals surface area (Å²) in [7, 11) is 1.83. The zero-order valence-corrected chi connectivity index (χ0v) is 19.2. The van der Waals surface area contributed by atoms with Crippen LogP contribution in [0.3, 0.4) is 0 Å². The Morgan fingerprint density at radius 1 is 0.611 bits per heavy atom. The quantitative estimate of drug-likeness (QED) is 0.397. The van der Waals surface area contributed by atoms with E-state index in [9.17, 15) is 21.0 Å². The molecular formula is C29H15BN6. The van der Waals surface area contributed by atoms with Gasteiger partial charge in [0, 0.05) is 7.05 Å². The van der Waals surface area contributed by atoms with E-state index in [-0.39, 0.29) is 6.85 Å². The molecule has 7 heteroatoms. The maximum absolute atomic E-state index is 10.2. The molecule has 0 spiro atoms. The lowest BCUT2D eigenvalue weighted by atomic mass is 9.51. The Labute approximate surface area is 208 Å². The fourth-order valence-electron chi connectivity index (χ4n) is 5.46. The average Bonchev–Trinajstić information content (AvgIpc) is 3.26. The van der Waals surface area contributed by atoms with Crippen molar-refractivity contribution in [3.63, 3.8) is 0 Å². The van der Waals surface area contributed by atoms with Crippen LogP contribution < -0.4 is 20.6 Å². The maximum Gasteiger partial charge on any atom is 0.329 e. The highest BCUT2D eigenvalue weighted by molar-refractivity contribution is 6.93. The fourth-order valence-corrected chi connectivity index (χ4v) is 5.46. The van der Waals surface area contributed by atoms with Gasteiger partial charge in [0.05, 0.1) is 57.1 Å². The predicted molar refractivity (Wildman–Crippen MR) is 139 cm³/mol. The van der Waals surface area contributed by atoms with Gasteiger partial charge in [-0.25, -0.2) is 0 Å². The molecule has 4 aromatic carbocycles. The molecule has 0 radical (unpaired) electrons. The summed E-state index contributed by atoms with van der Waals surface area (Å²) in [4.78, 5) is 3.91. The summed E-state index contributed by atoms with van der Waals surface area (Å²) in [6.07, 6.45) is 0. The molecule has 0 aromatic heterocycles. The Balaban J connectivity index is 1.77. The predicted octanol–water partition coefficient (Wildman–Crippen LogP) is 4.18. The van der Waals surface area contributed by atoms with E-state index in [0.29, 0.717) is 45.0 Å². The van der Waals surface area contributed by atoms with Crippen molar-refractivity contribution in [1.29, 1.82) is 21.0 Å². The first-order valence-electron chi connectivity index (χ1n) is 11.3. The van der Waals surface area contributed by atoms with Crippen molar-refractivity contribution in [2.45, 2.75) is 0 Å². The van der Waals surface area contributed by atoms with E-state index in [2.05, 4.69) is 53.4 Å². The monoisotopic (exact) mass is 458 g/mol. The van der Waals surface area contributed by atoms with E-state index in [0.717, 1.165) is 22.1 Å². The number of fused-ring (bicyclic) bond motifs is 5. The Hall–Kier alpha value is -5.50. The summed E-state index contributed by atoms with van der Waals surface area (Å²) in [6, 6.07) is 31.9. The third-order valence-electron chi connectivity index (χ3n) is 6.94. The normalized spacial score (nSPS) is 12.3. The van der Waals surface area contributed by atoms with Gasteiger partial charge in [-0.1, -0.05) is 48.5 Å². The second kappa shape index (κ2) is 7.78. The second-order valence-electron chi connectivity index (χ2n) is 8.74. The third kappa shape index (κ3) is 2.75. The lowest BCUT2D eigenvalue weighted by Gasteiger charge is -2.42. The Kier molecular flexibility index (Phi) is 4.55. The van der Waals surface area contributed by atoms with Gasteiger partial charge in [0.25, 0.3) is 0 Å². The van der Waals surface area contributed by atoms with E-state index in [4.69, 9.17) is 0 Å². The van der Waals surface area contributed by atoms with Gasteiger partial charge >= 0.3 is 6.85 Å². The molecule has 0 bridgehead atoms. The summed E-state index contributed by atoms with van der Waals surface area (Å²) < 4.78 is 0. The van der Waals surface area contributed by atoms with Crippen LogP contribution >= 0.6 is 0 Å². The first-order valence-corrected chi connectivity index (χ1v) is 11.3. The summed E-state index contributed by atoms with van der Waals surface area (Å²) in [5.41, 5.74) is 8.32. The average molecular weight is 458 g/mol. The molecule has 4 aromatic rings. The van der Waals surface area contributed by atoms with Crippen molar-refractivity contribution in [2.24, 2.45) is 0 Å². The van der Waals surface area contributed by atoms with Gasteiger partial charge in [-0.3, -0.25) is 0 Å². The van der Waals surface area contributed by atoms with E-state index in [1.54, 1.807) is 24.3 Å². The van der Waals surface area contributed by atoms with E-state index in [1.165, 1.54) is 0 Å². The standard InChI is InChI=1S/C29H15BN6/c1-35-26-12-18(14-31)10-20(16-33)28(26)36(29-21(17-34)11-19(15-32)13-27(29)35)30-24-8-4-2-6-22(24)23-7-3-5-9-25(23)30/h2-13H,1H3. The van der Waals surface area contributed by atoms with Crippen LogP contribution in [-0.4, -0.2) is 13.9 Å². The highest BCUT2D eigenvalue weighted by atomic mass is 15.2. The van der Waals surface area contributed by atoms with Crippen LogP contribution in [-0.2, 0) is 0 Å². The van der Waals surface area contributed by atoms with Crippen LogP contribution in [0.2, 0.25) is 0 Å². The number of nitrogens with zero attached hydrogens (tertiary/aromatic N) is 6. The first-order chi connectivity index (χ1) is 17.6. The minimum atomic E-state index is -0.316. The zero-order chi connectivity index (χ0) is 25.0. The van der Waals surface area contributed by atoms with Gasteiger partial charge < -0.3 is 9.71 Å². The number of nitriles is 4. The number of rotatable bonds is 1. The third-order valence-corrected chi connectivity index (χ3v) is 6.94. The molecule has 0 amide bonds. The molecular weight excluding hydrogens is 443 g/mol. The fraction of sp³-hybridized carbons (Fsp3) is 0.0345. The minimum Gasteiger partial charge on any atom is -0.371 e. The molecule has 0 aliphatic carbocycles. The van der Waals surface area contributed by atoms with E-state index in [1.807, 2.05) is 36.2 Å². The minimum absolute atomic E-state index is 0.316. The highest BCUT2D eigenvalue weighted by Crippen LogP contribution is 2.51. The molecule has 6 nitrogen and oxygen atoms in total. The van der Waals surface area contributed by atoms with Crippen molar-refractivity contribution in [3.8, 4) is 35.4 Å². The van der Waals surface area contributed by atoms with Crippen molar-refractivity contribution < 1.29 is 0 Å². The largest absolute Gasteiger partial charge is 0.371 e. The molecule has 0 N–H and O–H groups in total. The Morgan fingerprint density at radius 2 is 1.06 bits per heavy atom. The number of benzene rings is 4. The molecule has 0 saturated carbocycles. The number of anilines is 4. The van der Waals surface area contributed by atoms with Crippen LogP contribution in [0.5, 0.6) is 0 Å². The smallest absolute Gasteiger partial charge is 0.329 e. The van der Waals surface area contributed by atoms with E-state index >= 15 is 0 Å². The molecule has 2 aliphatic heterocycles. The Morgan fingerprint density at radius 3 is 1.47 bits per heavy atom. The maximum atomic E-state index is 10.2. The van der Waals surface area contributed by atoms with Crippen LogP contribution in [0, 0.1) is 45.3 Å². The van der Waals surface area contributed by atoms with Gasteiger partial charge in [-0.2, -0.15) is 21.0 Å². The molecule has 6 rings (SSSR count). The van der Waals surface area contributed by atoms with Crippen molar-refractivity contribution in [3.05, 3.63) is 95.1 Å². The Bertz CT molecular complexity index is 1650. The van der Waals surface area contributed by atoms with Gasteiger partial charge in [-0.05, 0) is 46.3 Å². The molecule has 0 unspecified atom stereocenters. The van der Waals surface area contributed by atoms with Gasteiger partial charge in [-0.15, -0.1) is 0 Å². The van der Waals surface area contributed by atoms with Gasteiger partial charge in [0.2, 0.25) is 0 Å². The molecule has 0 atom stereocenters. The molecule has 36 heavy (non-hydrogen) atoms. The lowest BCUT2D eigenvalue weighted by molar-refractivity contribution is 1.14. The zero-order valence-electron chi connectivity index (χ0n) is 19.2. The van der Waals surface area contributed by atoms with Crippen molar-refractivity contribution in [1.82, 2.24) is 0 Å².